The minimum Gasteiger partial charge on any atom is -0.204 e. The highest BCUT2D eigenvalue weighted by Gasteiger charge is 2.08. The molecule has 82 valence electrons. The zero-order valence-corrected chi connectivity index (χ0v) is 9.82. The maximum absolute atomic E-state index is 13.3. The van der Waals surface area contributed by atoms with Gasteiger partial charge in [0.1, 0.15) is 0 Å². The van der Waals surface area contributed by atoms with Crippen LogP contribution < -0.4 is 0 Å². The molecule has 0 nitrogen and oxygen atoms in total. The van der Waals surface area contributed by atoms with E-state index in [4.69, 9.17) is 0 Å². The van der Waals surface area contributed by atoms with E-state index in [-0.39, 0.29) is 0 Å². The van der Waals surface area contributed by atoms with E-state index in [0.717, 1.165) is 11.0 Å². The van der Waals surface area contributed by atoms with Crippen molar-refractivity contribution in [2.75, 3.05) is 0 Å². The average Bonchev–Trinajstić information content (AvgIpc) is 2.32. The summed E-state index contributed by atoms with van der Waals surface area (Å²) in [5, 5.41) is 0. The van der Waals surface area contributed by atoms with Crippen LogP contribution in [-0.2, 0) is 0 Å². The molecule has 0 N–H and O–H groups in total. The van der Waals surface area contributed by atoms with Crippen molar-refractivity contribution in [3.05, 3.63) is 60.2 Å². The molecule has 16 heavy (non-hydrogen) atoms. The molecule has 0 atom stereocenters. The van der Waals surface area contributed by atoms with Crippen molar-refractivity contribution in [1.82, 2.24) is 0 Å². The lowest BCUT2D eigenvalue weighted by atomic mass is 10.3. The van der Waals surface area contributed by atoms with Crippen LogP contribution in [-0.4, -0.2) is 0 Å². The van der Waals surface area contributed by atoms with E-state index in [0.29, 0.717) is 4.90 Å². The fraction of sp³-hybridized carbons (Fsp3) is 0. The van der Waals surface area contributed by atoms with Gasteiger partial charge >= 0.3 is 0 Å². The van der Waals surface area contributed by atoms with Gasteiger partial charge in [0.05, 0.1) is 4.90 Å². The molecule has 0 fully saturated rings. The summed E-state index contributed by atoms with van der Waals surface area (Å²) >= 11 is 0. The van der Waals surface area contributed by atoms with Gasteiger partial charge in [0.2, 0.25) is 0 Å². The Morgan fingerprint density at radius 3 is 2.25 bits per heavy atom. The van der Waals surface area contributed by atoms with E-state index in [1.54, 1.807) is 6.07 Å². The van der Waals surface area contributed by atoms with Crippen LogP contribution in [0.5, 0.6) is 0 Å². The highest BCUT2D eigenvalue weighted by Crippen LogP contribution is 2.38. The molecule has 0 spiro atoms. The molecule has 0 saturated heterocycles. The molecule has 2 aromatic carbocycles. The van der Waals surface area contributed by atoms with Crippen LogP contribution in [0, 0.1) is 11.6 Å². The quantitative estimate of drug-likeness (QED) is 0.724. The minimum atomic E-state index is -0.807. The topological polar surface area (TPSA) is 0 Å². The lowest BCUT2D eigenvalue weighted by Gasteiger charge is -2.02. The monoisotopic (exact) mass is 254 g/mol. The standard InChI is InChI=1S/C12H8F2S2/c13-10-7-4-8-11(12(10)14)16-15-9-5-2-1-3-6-9/h1-8H. The molecule has 0 bridgehead atoms. The molecule has 0 aliphatic carbocycles. The van der Waals surface area contributed by atoms with Crippen LogP contribution in [0.25, 0.3) is 0 Å². The first-order chi connectivity index (χ1) is 7.77. The van der Waals surface area contributed by atoms with Crippen LogP contribution in [0.3, 0.4) is 0 Å². The third-order valence-electron chi connectivity index (χ3n) is 1.89. The van der Waals surface area contributed by atoms with E-state index in [1.165, 1.54) is 27.7 Å². The van der Waals surface area contributed by atoms with Gasteiger partial charge in [0, 0.05) is 4.90 Å². The Bertz CT molecular complexity index is 472. The van der Waals surface area contributed by atoms with Crippen molar-refractivity contribution in [3.63, 3.8) is 0 Å². The molecule has 2 rings (SSSR count). The maximum atomic E-state index is 13.3. The van der Waals surface area contributed by atoms with E-state index < -0.39 is 11.6 Å². The summed E-state index contributed by atoms with van der Waals surface area (Å²) in [6.45, 7) is 0. The summed E-state index contributed by atoms with van der Waals surface area (Å²) in [5.74, 6) is -1.59. The molecule has 0 aliphatic rings. The first-order valence-electron chi connectivity index (χ1n) is 4.61. The van der Waals surface area contributed by atoms with E-state index in [1.807, 2.05) is 30.3 Å². The van der Waals surface area contributed by atoms with Crippen molar-refractivity contribution in [2.45, 2.75) is 9.79 Å². The van der Waals surface area contributed by atoms with Gasteiger partial charge in [-0.15, -0.1) is 0 Å². The first-order valence-corrected chi connectivity index (χ1v) is 6.76. The van der Waals surface area contributed by atoms with Gasteiger partial charge in [-0.25, -0.2) is 8.78 Å². The predicted octanol–water partition coefficient (Wildman–Crippen LogP) is 4.76. The van der Waals surface area contributed by atoms with Gasteiger partial charge in [-0.3, -0.25) is 0 Å². The van der Waals surface area contributed by atoms with E-state index >= 15 is 0 Å². The molecule has 0 heterocycles. The number of hydrogen-bond acceptors (Lipinski definition) is 2. The van der Waals surface area contributed by atoms with E-state index in [2.05, 4.69) is 0 Å². The van der Waals surface area contributed by atoms with Crippen LogP contribution in [0.15, 0.2) is 58.3 Å². The Hall–Kier alpha value is -1.00. The second-order valence-electron chi connectivity index (χ2n) is 3.03. The van der Waals surface area contributed by atoms with Crippen molar-refractivity contribution < 1.29 is 8.78 Å². The summed E-state index contributed by atoms with van der Waals surface area (Å²) in [4.78, 5) is 1.32. The second-order valence-corrected chi connectivity index (χ2v) is 5.28. The van der Waals surface area contributed by atoms with Crippen molar-refractivity contribution in [3.8, 4) is 0 Å². The van der Waals surface area contributed by atoms with Crippen molar-refractivity contribution >= 4 is 21.6 Å². The van der Waals surface area contributed by atoms with Gasteiger partial charge in [0.25, 0.3) is 0 Å². The van der Waals surface area contributed by atoms with Gasteiger partial charge in [-0.2, -0.15) is 0 Å². The highest BCUT2D eigenvalue weighted by molar-refractivity contribution is 8.76. The summed E-state index contributed by atoms with van der Waals surface area (Å²) < 4.78 is 26.2. The highest BCUT2D eigenvalue weighted by atomic mass is 33.1. The van der Waals surface area contributed by atoms with Gasteiger partial charge in [-0.1, -0.05) is 35.1 Å². The Kier molecular flexibility index (Phi) is 3.85. The number of benzene rings is 2. The Morgan fingerprint density at radius 1 is 0.750 bits per heavy atom. The number of hydrogen-bond donors (Lipinski definition) is 0. The molecule has 0 amide bonds. The molecule has 0 aliphatic heterocycles. The Balaban J connectivity index is 2.08. The molecular weight excluding hydrogens is 246 g/mol. The van der Waals surface area contributed by atoms with E-state index in [9.17, 15) is 8.78 Å². The summed E-state index contributed by atoms with van der Waals surface area (Å²) in [6, 6.07) is 13.8. The van der Waals surface area contributed by atoms with Crippen molar-refractivity contribution in [1.29, 1.82) is 0 Å². The van der Waals surface area contributed by atoms with Crippen LogP contribution in [0.4, 0.5) is 8.78 Å². The molecule has 0 radical (unpaired) electrons. The third-order valence-corrected chi connectivity index (χ3v) is 4.30. The summed E-state index contributed by atoms with van der Waals surface area (Å²) in [6.07, 6.45) is 0. The van der Waals surface area contributed by atoms with Gasteiger partial charge < -0.3 is 0 Å². The fourth-order valence-corrected chi connectivity index (χ4v) is 3.15. The fourth-order valence-electron chi connectivity index (χ4n) is 1.12. The molecule has 2 aromatic rings. The SMILES string of the molecule is Fc1cccc(SSc2ccccc2)c1F. The minimum absolute atomic E-state index is 0.314. The zero-order chi connectivity index (χ0) is 11.4. The first kappa shape index (κ1) is 11.5. The molecule has 0 saturated carbocycles. The smallest absolute Gasteiger partial charge is 0.173 e. The summed E-state index contributed by atoms with van der Waals surface area (Å²) in [5.41, 5.74) is 0. The molecule has 0 aromatic heterocycles. The predicted molar refractivity (Wildman–Crippen MR) is 64.5 cm³/mol. The number of rotatable bonds is 3. The van der Waals surface area contributed by atoms with Crippen molar-refractivity contribution in [2.24, 2.45) is 0 Å². The lowest BCUT2D eigenvalue weighted by Crippen LogP contribution is -1.84. The third kappa shape index (κ3) is 2.77. The molecule has 0 unspecified atom stereocenters. The van der Waals surface area contributed by atoms with Crippen LogP contribution in [0.2, 0.25) is 0 Å². The average molecular weight is 254 g/mol. The van der Waals surface area contributed by atoms with Gasteiger partial charge in [-0.05, 0) is 35.1 Å². The summed E-state index contributed by atoms with van der Waals surface area (Å²) in [7, 11) is 2.62. The Morgan fingerprint density at radius 2 is 1.50 bits per heavy atom. The normalized spacial score (nSPS) is 10.4. The lowest BCUT2D eigenvalue weighted by molar-refractivity contribution is 0.492. The largest absolute Gasteiger partial charge is 0.204 e. The maximum Gasteiger partial charge on any atom is 0.173 e. The van der Waals surface area contributed by atoms with Crippen LogP contribution >= 0.6 is 21.6 Å². The molecule has 4 heteroatoms. The molecular formula is C12H8F2S2. The van der Waals surface area contributed by atoms with Gasteiger partial charge in [0.15, 0.2) is 11.6 Å². The zero-order valence-electron chi connectivity index (χ0n) is 8.19. The second kappa shape index (κ2) is 5.37. The number of halogens is 2. The van der Waals surface area contributed by atoms with Crippen LogP contribution in [0.1, 0.15) is 0 Å². The Labute approximate surface area is 100 Å².